The molecule has 174 valence electrons. The summed E-state index contributed by atoms with van der Waals surface area (Å²) in [7, 11) is 0. The molecule has 0 aliphatic heterocycles. The first-order chi connectivity index (χ1) is 15.4. The van der Waals surface area contributed by atoms with Crippen LogP contribution < -0.4 is 5.32 Å². The number of aliphatic hydroxyl groups is 1. The molecule has 1 saturated carbocycles. The fourth-order valence-electron chi connectivity index (χ4n) is 6.80. The van der Waals surface area contributed by atoms with Crippen LogP contribution in [-0.4, -0.2) is 18.2 Å². The second-order valence-corrected chi connectivity index (χ2v) is 10.8. The van der Waals surface area contributed by atoms with E-state index in [1.807, 2.05) is 0 Å². The van der Waals surface area contributed by atoms with Crippen LogP contribution in [-0.2, 0) is 18.3 Å². The van der Waals surface area contributed by atoms with Crippen molar-refractivity contribution in [2.75, 3.05) is 13.1 Å². The summed E-state index contributed by atoms with van der Waals surface area (Å²) in [4.78, 5) is 0. The Labute approximate surface area is 193 Å². The Balaban J connectivity index is 1.40. The highest BCUT2D eigenvalue weighted by atomic mass is 19.1. The SMILES string of the molecule is CCCc1ccc2c(c1)CCC1C(C)(CNCCC(O)c3ccc(F)cc3)CCCC21C. The lowest BCUT2D eigenvalue weighted by Gasteiger charge is -2.55. The summed E-state index contributed by atoms with van der Waals surface area (Å²) in [6.45, 7) is 9.02. The van der Waals surface area contributed by atoms with E-state index in [0.29, 0.717) is 12.3 Å². The summed E-state index contributed by atoms with van der Waals surface area (Å²) >= 11 is 0. The number of aliphatic hydroxyl groups excluding tert-OH is 1. The van der Waals surface area contributed by atoms with Gasteiger partial charge in [-0.15, -0.1) is 0 Å². The van der Waals surface area contributed by atoms with Crippen molar-refractivity contribution < 1.29 is 9.50 Å². The number of hydrogen-bond donors (Lipinski definition) is 2. The quantitative estimate of drug-likeness (QED) is 0.462. The number of fused-ring (bicyclic) bond motifs is 3. The molecular formula is C29H40FNO. The number of nitrogens with one attached hydrogen (secondary N) is 1. The summed E-state index contributed by atoms with van der Waals surface area (Å²) < 4.78 is 13.1. The van der Waals surface area contributed by atoms with E-state index in [1.165, 1.54) is 62.6 Å². The molecule has 2 N–H and O–H groups in total. The topological polar surface area (TPSA) is 32.3 Å². The number of halogens is 1. The minimum Gasteiger partial charge on any atom is -0.388 e. The Morgan fingerprint density at radius 3 is 2.66 bits per heavy atom. The van der Waals surface area contributed by atoms with Crippen LogP contribution in [0.3, 0.4) is 0 Å². The molecule has 0 spiro atoms. The standard InChI is InChI=1S/C29H40FNO/c1-4-6-21-7-13-25-23(19-21)10-14-27-28(2,16-5-17-29(25,27)3)20-31-18-15-26(32)22-8-11-24(30)12-9-22/h7-9,11-13,19,26-27,31-32H,4-6,10,14-18,20H2,1-3H3. The normalized spacial score (nSPS) is 28.1. The Bertz CT molecular complexity index is 910. The van der Waals surface area contributed by atoms with Crippen molar-refractivity contribution >= 4 is 0 Å². The van der Waals surface area contributed by atoms with Gasteiger partial charge in [0.2, 0.25) is 0 Å². The maximum Gasteiger partial charge on any atom is 0.123 e. The van der Waals surface area contributed by atoms with Crippen LogP contribution >= 0.6 is 0 Å². The van der Waals surface area contributed by atoms with Gasteiger partial charge >= 0.3 is 0 Å². The summed E-state index contributed by atoms with van der Waals surface area (Å²) in [6, 6.07) is 13.5. The highest BCUT2D eigenvalue weighted by molar-refractivity contribution is 5.41. The number of aryl methyl sites for hydroxylation is 2. The van der Waals surface area contributed by atoms with Crippen LogP contribution in [0.15, 0.2) is 42.5 Å². The van der Waals surface area contributed by atoms with Gasteiger partial charge in [-0.2, -0.15) is 0 Å². The molecule has 3 heteroatoms. The van der Waals surface area contributed by atoms with Crippen LogP contribution in [0.4, 0.5) is 4.39 Å². The van der Waals surface area contributed by atoms with Gasteiger partial charge in [0.1, 0.15) is 5.82 Å². The van der Waals surface area contributed by atoms with Crippen LogP contribution in [0.5, 0.6) is 0 Å². The minimum atomic E-state index is -0.550. The van der Waals surface area contributed by atoms with E-state index in [2.05, 4.69) is 44.3 Å². The number of rotatable bonds is 8. The molecule has 0 aromatic heterocycles. The van der Waals surface area contributed by atoms with Gasteiger partial charge < -0.3 is 10.4 Å². The monoisotopic (exact) mass is 437 g/mol. The lowest BCUT2D eigenvalue weighted by atomic mass is 9.49. The molecule has 0 radical (unpaired) electrons. The molecule has 2 aliphatic carbocycles. The lowest BCUT2D eigenvalue weighted by molar-refractivity contribution is 0.0252. The zero-order valence-corrected chi connectivity index (χ0v) is 20.1. The highest BCUT2D eigenvalue weighted by Crippen LogP contribution is 2.57. The molecule has 2 aliphatic rings. The molecule has 32 heavy (non-hydrogen) atoms. The maximum absolute atomic E-state index is 13.1. The van der Waals surface area contributed by atoms with Crippen molar-refractivity contribution in [3.8, 4) is 0 Å². The lowest BCUT2D eigenvalue weighted by Crippen LogP contribution is -2.52. The van der Waals surface area contributed by atoms with Crippen molar-refractivity contribution in [1.29, 1.82) is 0 Å². The Hall–Kier alpha value is -1.71. The minimum absolute atomic E-state index is 0.261. The van der Waals surface area contributed by atoms with E-state index in [1.54, 1.807) is 23.3 Å². The molecule has 0 saturated heterocycles. The van der Waals surface area contributed by atoms with E-state index in [4.69, 9.17) is 0 Å². The molecule has 2 aromatic carbocycles. The summed E-state index contributed by atoms with van der Waals surface area (Å²) in [5, 5.41) is 14.1. The summed E-state index contributed by atoms with van der Waals surface area (Å²) in [5.74, 6) is 0.422. The van der Waals surface area contributed by atoms with Crippen LogP contribution in [0.25, 0.3) is 0 Å². The first-order valence-corrected chi connectivity index (χ1v) is 12.6. The van der Waals surface area contributed by atoms with Crippen LogP contribution in [0, 0.1) is 17.2 Å². The molecule has 2 aromatic rings. The zero-order valence-electron chi connectivity index (χ0n) is 20.1. The molecule has 0 bridgehead atoms. The molecule has 4 rings (SSSR count). The van der Waals surface area contributed by atoms with E-state index >= 15 is 0 Å². The number of benzene rings is 2. The average Bonchev–Trinajstić information content (AvgIpc) is 2.77. The fourth-order valence-corrected chi connectivity index (χ4v) is 6.80. The van der Waals surface area contributed by atoms with E-state index in [-0.39, 0.29) is 16.6 Å². The van der Waals surface area contributed by atoms with Crippen molar-refractivity contribution in [3.05, 3.63) is 70.5 Å². The van der Waals surface area contributed by atoms with E-state index in [9.17, 15) is 9.50 Å². The van der Waals surface area contributed by atoms with Crippen molar-refractivity contribution in [3.63, 3.8) is 0 Å². The molecule has 0 amide bonds. The van der Waals surface area contributed by atoms with E-state index in [0.717, 1.165) is 18.7 Å². The zero-order chi connectivity index (χ0) is 22.8. The van der Waals surface area contributed by atoms with Gasteiger partial charge in [0.05, 0.1) is 6.10 Å². The Morgan fingerprint density at radius 2 is 1.91 bits per heavy atom. The van der Waals surface area contributed by atoms with Crippen molar-refractivity contribution in [2.45, 2.75) is 83.7 Å². The third kappa shape index (κ3) is 4.65. The van der Waals surface area contributed by atoms with Crippen LogP contribution in [0.1, 0.15) is 87.7 Å². The summed E-state index contributed by atoms with van der Waals surface area (Å²) in [5.41, 5.74) is 6.01. The van der Waals surface area contributed by atoms with Gasteiger partial charge in [-0.25, -0.2) is 4.39 Å². The summed E-state index contributed by atoms with van der Waals surface area (Å²) in [6.07, 6.45) is 8.79. The smallest absolute Gasteiger partial charge is 0.123 e. The van der Waals surface area contributed by atoms with Crippen LogP contribution in [0.2, 0.25) is 0 Å². The first kappa shape index (κ1) is 23.4. The Morgan fingerprint density at radius 1 is 1.12 bits per heavy atom. The predicted molar refractivity (Wildman–Crippen MR) is 130 cm³/mol. The van der Waals surface area contributed by atoms with Crippen molar-refractivity contribution in [2.24, 2.45) is 11.3 Å². The molecule has 2 nitrogen and oxygen atoms in total. The van der Waals surface area contributed by atoms with Gasteiger partial charge in [-0.3, -0.25) is 0 Å². The van der Waals surface area contributed by atoms with E-state index < -0.39 is 6.10 Å². The molecule has 4 unspecified atom stereocenters. The first-order valence-electron chi connectivity index (χ1n) is 12.6. The van der Waals surface area contributed by atoms with Crippen molar-refractivity contribution in [1.82, 2.24) is 5.32 Å². The highest BCUT2D eigenvalue weighted by Gasteiger charge is 2.51. The average molecular weight is 438 g/mol. The third-order valence-corrected chi connectivity index (χ3v) is 8.46. The van der Waals surface area contributed by atoms with Gasteiger partial charge in [-0.05, 0) is 96.2 Å². The molecular weight excluding hydrogens is 397 g/mol. The predicted octanol–water partition coefficient (Wildman–Crippen LogP) is 6.50. The second kappa shape index (κ2) is 9.65. The Kier molecular flexibility index (Phi) is 7.07. The molecule has 4 atom stereocenters. The number of hydrogen-bond acceptors (Lipinski definition) is 2. The molecule has 1 fully saturated rings. The van der Waals surface area contributed by atoms with Gasteiger partial charge in [-0.1, -0.05) is 63.9 Å². The largest absolute Gasteiger partial charge is 0.388 e. The maximum atomic E-state index is 13.1. The van der Waals surface area contributed by atoms with Gasteiger partial charge in [0.25, 0.3) is 0 Å². The van der Waals surface area contributed by atoms with Gasteiger partial charge in [0, 0.05) is 6.54 Å². The second-order valence-electron chi connectivity index (χ2n) is 10.8. The van der Waals surface area contributed by atoms with Gasteiger partial charge in [0.15, 0.2) is 0 Å². The molecule has 0 heterocycles. The third-order valence-electron chi connectivity index (χ3n) is 8.46. The fraction of sp³-hybridized carbons (Fsp3) is 0.586.